The van der Waals surface area contributed by atoms with Gasteiger partial charge < -0.3 is 4.74 Å². The standard InChI is InChI=1S/C12H18F4O2S2/c1-2-12(17)18-7-9(20-6-4-11(15)16)8-19-5-3-10(13)14/h2,9-11H,1,3-8H2. The molecule has 0 fully saturated rings. The first-order valence-electron chi connectivity index (χ1n) is 6.00. The third kappa shape index (κ3) is 12.7. The number of esters is 1. The molecule has 0 aliphatic heterocycles. The average molecular weight is 334 g/mol. The Morgan fingerprint density at radius 1 is 1.15 bits per heavy atom. The van der Waals surface area contributed by atoms with Gasteiger partial charge in [-0.2, -0.15) is 23.5 Å². The fourth-order valence-electron chi connectivity index (χ4n) is 1.09. The molecule has 0 aliphatic carbocycles. The number of carbonyl (C=O) groups excluding carboxylic acids is 1. The Morgan fingerprint density at radius 3 is 2.30 bits per heavy atom. The van der Waals surface area contributed by atoms with Gasteiger partial charge >= 0.3 is 5.97 Å². The van der Waals surface area contributed by atoms with Crippen LogP contribution in [0, 0.1) is 0 Å². The Hall–Kier alpha value is -0.370. The molecule has 0 saturated heterocycles. The van der Waals surface area contributed by atoms with Crippen LogP contribution in [0.25, 0.3) is 0 Å². The highest BCUT2D eigenvalue weighted by molar-refractivity contribution is 8.03. The van der Waals surface area contributed by atoms with Crippen molar-refractivity contribution in [3.05, 3.63) is 12.7 Å². The van der Waals surface area contributed by atoms with Crippen molar-refractivity contribution in [1.82, 2.24) is 0 Å². The highest BCUT2D eigenvalue weighted by Crippen LogP contribution is 2.20. The van der Waals surface area contributed by atoms with Crippen molar-refractivity contribution in [2.45, 2.75) is 30.9 Å². The molecule has 0 aromatic heterocycles. The van der Waals surface area contributed by atoms with Crippen molar-refractivity contribution >= 4 is 29.5 Å². The lowest BCUT2D eigenvalue weighted by molar-refractivity contribution is -0.137. The molecule has 0 spiro atoms. The summed E-state index contributed by atoms with van der Waals surface area (Å²) in [6, 6.07) is 0. The molecule has 0 radical (unpaired) electrons. The van der Waals surface area contributed by atoms with Crippen molar-refractivity contribution in [2.24, 2.45) is 0 Å². The van der Waals surface area contributed by atoms with E-state index in [9.17, 15) is 22.4 Å². The third-order valence-electron chi connectivity index (χ3n) is 2.05. The number of thioether (sulfide) groups is 2. The molecule has 8 heteroatoms. The molecule has 2 nitrogen and oxygen atoms in total. The van der Waals surface area contributed by atoms with E-state index >= 15 is 0 Å². The predicted molar refractivity (Wildman–Crippen MR) is 76.0 cm³/mol. The minimum Gasteiger partial charge on any atom is -0.461 e. The molecule has 0 N–H and O–H groups in total. The summed E-state index contributed by atoms with van der Waals surface area (Å²) in [4.78, 5) is 10.9. The first kappa shape index (κ1) is 19.6. The molecule has 0 aliphatic rings. The van der Waals surface area contributed by atoms with Gasteiger partial charge in [0.25, 0.3) is 0 Å². The summed E-state index contributed by atoms with van der Waals surface area (Å²) in [5.41, 5.74) is 0. The van der Waals surface area contributed by atoms with Gasteiger partial charge in [0.2, 0.25) is 12.9 Å². The van der Waals surface area contributed by atoms with Crippen LogP contribution in [0.4, 0.5) is 17.6 Å². The summed E-state index contributed by atoms with van der Waals surface area (Å²) in [7, 11) is 0. The minimum atomic E-state index is -2.37. The van der Waals surface area contributed by atoms with Crippen LogP contribution in [0.5, 0.6) is 0 Å². The molecule has 0 amide bonds. The molecular formula is C12H18F4O2S2. The summed E-state index contributed by atoms with van der Waals surface area (Å²) in [5, 5.41) is -0.180. The van der Waals surface area contributed by atoms with Crippen molar-refractivity contribution in [1.29, 1.82) is 0 Å². The highest BCUT2D eigenvalue weighted by atomic mass is 32.2. The topological polar surface area (TPSA) is 26.3 Å². The van der Waals surface area contributed by atoms with Crippen LogP contribution in [0.15, 0.2) is 12.7 Å². The van der Waals surface area contributed by atoms with Crippen LogP contribution in [-0.2, 0) is 9.53 Å². The van der Waals surface area contributed by atoms with Crippen LogP contribution in [-0.4, -0.2) is 47.9 Å². The maximum Gasteiger partial charge on any atom is 0.330 e. The number of halogens is 4. The lowest BCUT2D eigenvalue weighted by atomic mass is 10.5. The largest absolute Gasteiger partial charge is 0.461 e. The molecule has 0 rings (SSSR count). The minimum absolute atomic E-state index is 0.0699. The first-order chi connectivity index (χ1) is 9.45. The molecule has 0 aromatic rings. The van der Waals surface area contributed by atoms with Crippen molar-refractivity contribution in [2.75, 3.05) is 23.9 Å². The monoisotopic (exact) mass is 334 g/mol. The van der Waals surface area contributed by atoms with Crippen LogP contribution in [0.2, 0.25) is 0 Å². The number of ether oxygens (including phenoxy) is 1. The summed E-state index contributed by atoms with van der Waals surface area (Å²) >= 11 is 2.56. The molecule has 118 valence electrons. The molecule has 0 saturated carbocycles. The second-order valence-electron chi connectivity index (χ2n) is 3.76. The van der Waals surface area contributed by atoms with E-state index in [0.717, 1.165) is 6.08 Å². The molecule has 0 aromatic carbocycles. The molecular weight excluding hydrogens is 316 g/mol. The van der Waals surface area contributed by atoms with E-state index in [0.29, 0.717) is 11.5 Å². The predicted octanol–water partition coefficient (Wildman–Crippen LogP) is 3.86. The second-order valence-corrected chi connectivity index (χ2v) is 6.32. The first-order valence-corrected chi connectivity index (χ1v) is 8.20. The quantitative estimate of drug-likeness (QED) is 0.234. The Balaban J connectivity index is 3.96. The van der Waals surface area contributed by atoms with Gasteiger partial charge in [-0.05, 0) is 11.5 Å². The van der Waals surface area contributed by atoms with Crippen molar-refractivity contribution in [3.8, 4) is 0 Å². The van der Waals surface area contributed by atoms with Gasteiger partial charge in [0, 0.05) is 29.9 Å². The Labute approximate surface area is 124 Å². The maximum atomic E-state index is 12.0. The van der Waals surface area contributed by atoms with Crippen LogP contribution in [0.3, 0.4) is 0 Å². The van der Waals surface area contributed by atoms with Crippen LogP contribution < -0.4 is 0 Å². The number of hydrogen-bond acceptors (Lipinski definition) is 4. The van der Waals surface area contributed by atoms with Gasteiger partial charge in [0.15, 0.2) is 0 Å². The smallest absolute Gasteiger partial charge is 0.330 e. The van der Waals surface area contributed by atoms with E-state index < -0.39 is 18.8 Å². The normalized spacial score (nSPS) is 12.7. The molecule has 1 atom stereocenters. The summed E-state index contributed by atoms with van der Waals surface area (Å²) in [6.45, 7) is 3.32. The van der Waals surface area contributed by atoms with Gasteiger partial charge in [-0.15, -0.1) is 0 Å². The average Bonchev–Trinajstić information content (AvgIpc) is 2.38. The SMILES string of the molecule is C=CC(=O)OCC(CSCCC(F)F)SCCC(F)F. The summed E-state index contributed by atoms with van der Waals surface area (Å²) < 4.78 is 52.9. The lowest BCUT2D eigenvalue weighted by Crippen LogP contribution is -2.18. The van der Waals surface area contributed by atoms with Crippen LogP contribution in [0.1, 0.15) is 12.8 Å². The number of alkyl halides is 4. The fourth-order valence-corrected chi connectivity index (χ4v) is 3.45. The van der Waals surface area contributed by atoms with Gasteiger partial charge in [-0.1, -0.05) is 6.58 Å². The number of hydrogen-bond donors (Lipinski definition) is 0. The fraction of sp³-hybridized carbons (Fsp3) is 0.750. The van der Waals surface area contributed by atoms with Crippen LogP contribution >= 0.6 is 23.5 Å². The Morgan fingerprint density at radius 2 is 1.75 bits per heavy atom. The van der Waals surface area contributed by atoms with Gasteiger partial charge in [0.05, 0.1) is 0 Å². The number of rotatable bonds is 12. The van der Waals surface area contributed by atoms with E-state index in [1.54, 1.807) is 0 Å². The van der Waals surface area contributed by atoms with E-state index in [-0.39, 0.29) is 30.5 Å². The maximum absolute atomic E-state index is 12.0. The zero-order chi connectivity index (χ0) is 15.4. The van der Waals surface area contributed by atoms with Crippen molar-refractivity contribution < 1.29 is 27.1 Å². The third-order valence-corrected chi connectivity index (χ3v) is 4.67. The Kier molecular flexibility index (Phi) is 12.1. The number of carbonyl (C=O) groups is 1. The summed E-state index contributed by atoms with van der Waals surface area (Å²) in [6.07, 6.45) is -4.13. The van der Waals surface area contributed by atoms with Gasteiger partial charge in [-0.3, -0.25) is 0 Å². The molecule has 0 heterocycles. The molecule has 0 bridgehead atoms. The molecule has 20 heavy (non-hydrogen) atoms. The highest BCUT2D eigenvalue weighted by Gasteiger charge is 2.14. The second kappa shape index (κ2) is 12.4. The van der Waals surface area contributed by atoms with E-state index in [1.165, 1.54) is 23.5 Å². The summed E-state index contributed by atoms with van der Waals surface area (Å²) in [5.74, 6) is 0.426. The van der Waals surface area contributed by atoms with Gasteiger partial charge in [-0.25, -0.2) is 22.4 Å². The Bertz CT molecular complexity index is 278. The lowest BCUT2D eigenvalue weighted by Gasteiger charge is -2.16. The van der Waals surface area contributed by atoms with Gasteiger partial charge in [0.1, 0.15) is 6.61 Å². The zero-order valence-corrected chi connectivity index (χ0v) is 12.5. The molecule has 1 unspecified atom stereocenters. The van der Waals surface area contributed by atoms with E-state index in [4.69, 9.17) is 4.74 Å². The zero-order valence-electron chi connectivity index (χ0n) is 10.9. The van der Waals surface area contributed by atoms with E-state index in [1.807, 2.05) is 0 Å². The van der Waals surface area contributed by atoms with Crippen molar-refractivity contribution in [3.63, 3.8) is 0 Å². The van der Waals surface area contributed by atoms with E-state index in [2.05, 4.69) is 6.58 Å².